The molecule has 1 atom stereocenters. The van der Waals surface area contributed by atoms with Crippen molar-refractivity contribution >= 4 is 17.5 Å². The van der Waals surface area contributed by atoms with Gasteiger partial charge < -0.3 is 15.4 Å². The molecule has 0 bridgehead atoms. The molecule has 0 fully saturated rings. The Balaban J connectivity index is 1.75. The van der Waals surface area contributed by atoms with E-state index >= 15 is 0 Å². The van der Waals surface area contributed by atoms with Gasteiger partial charge in [0.1, 0.15) is 11.4 Å². The summed E-state index contributed by atoms with van der Waals surface area (Å²) in [5, 5.41) is 5.58. The van der Waals surface area contributed by atoms with Gasteiger partial charge >= 0.3 is 0 Å². The number of carbonyl (C=O) groups is 2. The van der Waals surface area contributed by atoms with E-state index in [0.717, 1.165) is 5.56 Å². The molecule has 2 heterocycles. The largest absolute Gasteiger partial charge is 0.482 e. The zero-order chi connectivity index (χ0) is 15.5. The van der Waals surface area contributed by atoms with Crippen LogP contribution in [0.5, 0.6) is 5.75 Å². The Hall–Kier alpha value is -2.96. The van der Waals surface area contributed by atoms with Crippen LogP contribution in [0.25, 0.3) is 0 Å². The van der Waals surface area contributed by atoms with Crippen LogP contribution in [0.3, 0.4) is 0 Å². The highest BCUT2D eigenvalue weighted by atomic mass is 16.5. The van der Waals surface area contributed by atoms with E-state index in [1.54, 1.807) is 12.1 Å². The predicted molar refractivity (Wildman–Crippen MR) is 78.5 cm³/mol. The van der Waals surface area contributed by atoms with Crippen LogP contribution in [-0.2, 0) is 4.79 Å². The molecule has 112 valence electrons. The van der Waals surface area contributed by atoms with Gasteiger partial charge in [-0.1, -0.05) is 6.07 Å². The third-order valence-corrected chi connectivity index (χ3v) is 3.28. The monoisotopic (exact) mass is 298 g/mol. The summed E-state index contributed by atoms with van der Waals surface area (Å²) < 4.78 is 5.30. The first-order chi connectivity index (χ1) is 10.6. The summed E-state index contributed by atoms with van der Waals surface area (Å²) in [4.78, 5) is 31.2. The maximum atomic E-state index is 12.1. The fourth-order valence-corrected chi connectivity index (χ4v) is 2.14. The number of nitrogens with one attached hydrogen (secondary N) is 2. The number of amides is 2. The van der Waals surface area contributed by atoms with Gasteiger partial charge in [-0.2, -0.15) is 0 Å². The SMILES string of the molecule is CC(NC(=O)c1cnccn1)c1ccc2c(c1)NC(=O)CO2. The highest BCUT2D eigenvalue weighted by Crippen LogP contribution is 2.30. The lowest BCUT2D eigenvalue weighted by molar-refractivity contribution is -0.118. The minimum atomic E-state index is -0.307. The molecule has 1 unspecified atom stereocenters. The highest BCUT2D eigenvalue weighted by molar-refractivity contribution is 5.95. The predicted octanol–water partition coefficient (Wildman–Crippen LogP) is 1.30. The lowest BCUT2D eigenvalue weighted by atomic mass is 10.1. The highest BCUT2D eigenvalue weighted by Gasteiger charge is 2.18. The summed E-state index contributed by atoms with van der Waals surface area (Å²) in [5.74, 6) is 0.121. The van der Waals surface area contributed by atoms with Crippen molar-refractivity contribution in [2.24, 2.45) is 0 Å². The number of fused-ring (bicyclic) bond motifs is 1. The van der Waals surface area contributed by atoms with Crippen LogP contribution in [0.1, 0.15) is 29.0 Å². The van der Waals surface area contributed by atoms with Crippen molar-refractivity contribution in [1.82, 2.24) is 15.3 Å². The Morgan fingerprint density at radius 2 is 2.27 bits per heavy atom. The van der Waals surface area contributed by atoms with Crippen molar-refractivity contribution in [3.05, 3.63) is 48.0 Å². The molecule has 2 amide bonds. The number of anilines is 1. The summed E-state index contributed by atoms with van der Waals surface area (Å²) in [6, 6.07) is 5.15. The molecule has 0 saturated heterocycles. The number of ether oxygens (including phenoxy) is 1. The summed E-state index contributed by atoms with van der Waals surface area (Å²) in [7, 11) is 0. The third-order valence-electron chi connectivity index (χ3n) is 3.28. The maximum absolute atomic E-state index is 12.1. The maximum Gasteiger partial charge on any atom is 0.271 e. The molecule has 0 aliphatic carbocycles. The van der Waals surface area contributed by atoms with Gasteiger partial charge in [0.15, 0.2) is 6.61 Å². The number of carbonyl (C=O) groups excluding carboxylic acids is 2. The van der Waals surface area contributed by atoms with Gasteiger partial charge in [0.25, 0.3) is 11.8 Å². The molecule has 7 nitrogen and oxygen atoms in total. The van der Waals surface area contributed by atoms with E-state index in [9.17, 15) is 9.59 Å². The number of benzene rings is 1. The van der Waals surface area contributed by atoms with Gasteiger partial charge in [-0.15, -0.1) is 0 Å². The number of aromatic nitrogens is 2. The van der Waals surface area contributed by atoms with Crippen LogP contribution >= 0.6 is 0 Å². The molecule has 3 rings (SSSR count). The minimum Gasteiger partial charge on any atom is -0.482 e. The second kappa shape index (κ2) is 5.80. The van der Waals surface area contributed by atoms with Crippen LogP contribution in [0.2, 0.25) is 0 Å². The molecule has 22 heavy (non-hydrogen) atoms. The minimum absolute atomic E-state index is 0.0192. The topological polar surface area (TPSA) is 93.2 Å². The molecule has 1 aliphatic rings. The standard InChI is InChI=1S/C15H14N4O3/c1-9(18-15(21)12-7-16-4-5-17-12)10-2-3-13-11(6-10)19-14(20)8-22-13/h2-7,9H,8H2,1H3,(H,18,21)(H,19,20). The van der Waals surface area contributed by atoms with Crippen LogP contribution in [0, 0.1) is 0 Å². The number of hydrogen-bond acceptors (Lipinski definition) is 5. The Morgan fingerprint density at radius 1 is 1.41 bits per heavy atom. The van der Waals surface area contributed by atoms with Gasteiger partial charge in [-0.25, -0.2) is 4.98 Å². The van der Waals surface area contributed by atoms with Crippen LogP contribution < -0.4 is 15.4 Å². The molecule has 7 heteroatoms. The summed E-state index contributed by atoms with van der Waals surface area (Å²) >= 11 is 0. The summed E-state index contributed by atoms with van der Waals surface area (Å²) in [6.45, 7) is 1.87. The Kier molecular flexibility index (Phi) is 3.69. The molecule has 2 N–H and O–H groups in total. The van der Waals surface area contributed by atoms with Gasteiger partial charge in [-0.3, -0.25) is 14.6 Å². The lowest BCUT2D eigenvalue weighted by Gasteiger charge is -2.20. The molecular weight excluding hydrogens is 284 g/mol. The summed E-state index contributed by atoms with van der Waals surface area (Å²) in [6.07, 6.45) is 4.38. The fraction of sp³-hybridized carbons (Fsp3) is 0.200. The van der Waals surface area contributed by atoms with Crippen LogP contribution in [-0.4, -0.2) is 28.4 Å². The van der Waals surface area contributed by atoms with E-state index in [0.29, 0.717) is 11.4 Å². The van der Waals surface area contributed by atoms with E-state index in [4.69, 9.17) is 4.74 Å². The first kappa shape index (κ1) is 14.0. The molecule has 0 radical (unpaired) electrons. The average molecular weight is 298 g/mol. The van der Waals surface area contributed by atoms with Crippen molar-refractivity contribution < 1.29 is 14.3 Å². The Bertz CT molecular complexity index is 718. The molecule has 1 aliphatic heterocycles. The van der Waals surface area contributed by atoms with Crippen molar-refractivity contribution in [2.75, 3.05) is 11.9 Å². The Morgan fingerprint density at radius 3 is 3.05 bits per heavy atom. The van der Waals surface area contributed by atoms with E-state index in [1.807, 2.05) is 13.0 Å². The van der Waals surface area contributed by atoms with Gasteiger partial charge in [-0.05, 0) is 24.6 Å². The second-order valence-electron chi connectivity index (χ2n) is 4.88. The second-order valence-corrected chi connectivity index (χ2v) is 4.88. The van der Waals surface area contributed by atoms with Crippen molar-refractivity contribution in [3.63, 3.8) is 0 Å². The van der Waals surface area contributed by atoms with E-state index in [2.05, 4.69) is 20.6 Å². The van der Waals surface area contributed by atoms with E-state index < -0.39 is 0 Å². The zero-order valence-electron chi connectivity index (χ0n) is 11.9. The van der Waals surface area contributed by atoms with Crippen LogP contribution in [0.4, 0.5) is 5.69 Å². The van der Waals surface area contributed by atoms with Crippen molar-refractivity contribution in [3.8, 4) is 5.75 Å². The van der Waals surface area contributed by atoms with E-state index in [-0.39, 0.29) is 30.2 Å². The average Bonchev–Trinajstić information content (AvgIpc) is 2.54. The van der Waals surface area contributed by atoms with Gasteiger partial charge in [0.05, 0.1) is 17.9 Å². The van der Waals surface area contributed by atoms with Gasteiger partial charge in [0, 0.05) is 12.4 Å². The molecule has 2 aromatic rings. The molecule has 0 saturated carbocycles. The molecular formula is C15H14N4O3. The Labute approximate surface area is 126 Å². The first-order valence-corrected chi connectivity index (χ1v) is 6.77. The van der Waals surface area contributed by atoms with Gasteiger partial charge in [0.2, 0.25) is 0 Å². The van der Waals surface area contributed by atoms with Crippen LogP contribution in [0.15, 0.2) is 36.8 Å². The zero-order valence-corrected chi connectivity index (χ0v) is 11.9. The summed E-state index contributed by atoms with van der Waals surface area (Å²) in [5.41, 5.74) is 1.71. The number of nitrogens with zero attached hydrogens (tertiary/aromatic N) is 2. The number of hydrogen-bond donors (Lipinski definition) is 2. The fourth-order valence-electron chi connectivity index (χ4n) is 2.14. The lowest BCUT2D eigenvalue weighted by Crippen LogP contribution is -2.28. The smallest absolute Gasteiger partial charge is 0.271 e. The number of rotatable bonds is 3. The molecule has 1 aromatic heterocycles. The van der Waals surface area contributed by atoms with E-state index in [1.165, 1.54) is 18.6 Å². The normalized spacial score (nSPS) is 14.3. The van der Waals surface area contributed by atoms with Crippen molar-refractivity contribution in [2.45, 2.75) is 13.0 Å². The molecule has 1 aromatic carbocycles. The third kappa shape index (κ3) is 2.88. The molecule has 0 spiro atoms. The first-order valence-electron chi connectivity index (χ1n) is 6.77. The quantitative estimate of drug-likeness (QED) is 0.891. The van der Waals surface area contributed by atoms with Crippen molar-refractivity contribution in [1.29, 1.82) is 0 Å².